The molecule has 0 spiro atoms. The van der Waals surface area contributed by atoms with Gasteiger partial charge in [-0.05, 0) is 47.7 Å². The van der Waals surface area contributed by atoms with Gasteiger partial charge >= 0.3 is 0 Å². The molecule has 1 aliphatic carbocycles. The second-order valence-electron chi connectivity index (χ2n) is 6.24. The van der Waals surface area contributed by atoms with Crippen molar-refractivity contribution in [2.75, 3.05) is 13.1 Å². The summed E-state index contributed by atoms with van der Waals surface area (Å²) in [6, 6.07) is 4.34. The average molecular weight is 368 g/mol. The molecule has 1 aliphatic heterocycles. The highest BCUT2D eigenvalue weighted by atomic mass is 79.9. The van der Waals surface area contributed by atoms with Gasteiger partial charge in [0, 0.05) is 54.9 Å². The minimum absolute atomic E-state index is 0.0387. The first kappa shape index (κ1) is 15.7. The number of hydrogen-bond donors (Lipinski definition) is 1. The highest BCUT2D eigenvalue weighted by Gasteiger charge is 2.31. The van der Waals surface area contributed by atoms with Gasteiger partial charge in [0.15, 0.2) is 0 Å². The van der Waals surface area contributed by atoms with Crippen LogP contribution in [0.25, 0.3) is 0 Å². The molecule has 1 amide bonds. The molecule has 22 heavy (non-hydrogen) atoms. The number of carbonyl (C=O) groups excluding carboxylic acids is 1. The molecule has 3 rings (SSSR count). The van der Waals surface area contributed by atoms with Crippen molar-refractivity contribution in [3.63, 3.8) is 0 Å². The molecule has 0 bridgehead atoms. The van der Waals surface area contributed by atoms with Crippen molar-refractivity contribution in [1.29, 1.82) is 0 Å². The Labute approximate surface area is 138 Å². The van der Waals surface area contributed by atoms with Crippen LogP contribution < -0.4 is 10.9 Å². The van der Waals surface area contributed by atoms with E-state index in [9.17, 15) is 9.59 Å². The minimum Gasteiger partial charge on any atom is -0.353 e. The smallest absolute Gasteiger partial charge is 0.250 e. The van der Waals surface area contributed by atoms with Crippen LogP contribution in [0.1, 0.15) is 32.1 Å². The van der Waals surface area contributed by atoms with Crippen molar-refractivity contribution < 1.29 is 4.79 Å². The Hall–Kier alpha value is -1.14. The first-order valence-electron chi connectivity index (χ1n) is 8.01. The molecule has 6 heteroatoms. The summed E-state index contributed by atoms with van der Waals surface area (Å²) in [5.74, 6) is 0.0387. The number of aryl methyl sites for hydroxylation is 1. The van der Waals surface area contributed by atoms with E-state index in [2.05, 4.69) is 26.1 Å². The van der Waals surface area contributed by atoms with E-state index in [1.54, 1.807) is 16.8 Å². The van der Waals surface area contributed by atoms with Crippen LogP contribution in [0, 0.1) is 0 Å². The molecule has 0 unspecified atom stereocenters. The van der Waals surface area contributed by atoms with E-state index < -0.39 is 0 Å². The topological polar surface area (TPSA) is 54.3 Å². The molecule has 1 saturated carbocycles. The van der Waals surface area contributed by atoms with Crippen LogP contribution >= 0.6 is 15.9 Å². The summed E-state index contributed by atoms with van der Waals surface area (Å²) in [7, 11) is 0. The number of halogens is 1. The highest BCUT2D eigenvalue weighted by Crippen LogP contribution is 2.29. The standard InChI is InChI=1S/C16H22BrN3O2/c17-12-1-4-16(22)20(11-12)10-7-15(21)18-13-5-8-19(9-6-13)14-2-3-14/h1,4,11,13-14H,2-3,5-10H2,(H,18,21). The molecule has 5 nitrogen and oxygen atoms in total. The van der Waals surface area contributed by atoms with E-state index in [-0.39, 0.29) is 11.5 Å². The van der Waals surface area contributed by atoms with Crippen molar-refractivity contribution in [2.24, 2.45) is 0 Å². The number of hydrogen-bond acceptors (Lipinski definition) is 3. The second kappa shape index (κ2) is 6.96. The van der Waals surface area contributed by atoms with Crippen molar-refractivity contribution in [3.8, 4) is 0 Å². The summed E-state index contributed by atoms with van der Waals surface area (Å²) < 4.78 is 2.42. The molecule has 0 aromatic carbocycles. The van der Waals surface area contributed by atoms with Crippen LogP contribution in [0.3, 0.4) is 0 Å². The van der Waals surface area contributed by atoms with Crippen LogP contribution in [-0.2, 0) is 11.3 Å². The number of nitrogens with one attached hydrogen (secondary N) is 1. The molecule has 0 atom stereocenters. The number of carbonyl (C=O) groups is 1. The predicted molar refractivity (Wildman–Crippen MR) is 88.8 cm³/mol. The number of likely N-dealkylation sites (tertiary alicyclic amines) is 1. The van der Waals surface area contributed by atoms with E-state index in [1.807, 2.05) is 0 Å². The Morgan fingerprint density at radius 2 is 1.95 bits per heavy atom. The quantitative estimate of drug-likeness (QED) is 0.862. The Kier molecular flexibility index (Phi) is 4.98. The van der Waals surface area contributed by atoms with Crippen LogP contribution in [0.15, 0.2) is 27.6 Å². The summed E-state index contributed by atoms with van der Waals surface area (Å²) in [5, 5.41) is 3.11. The van der Waals surface area contributed by atoms with Crippen LogP contribution in [0.5, 0.6) is 0 Å². The normalized spacial score (nSPS) is 20.0. The van der Waals surface area contributed by atoms with Crippen LogP contribution in [0.2, 0.25) is 0 Å². The number of rotatable bonds is 5. The second-order valence-corrected chi connectivity index (χ2v) is 7.15. The molecule has 1 aromatic rings. The van der Waals surface area contributed by atoms with Crippen molar-refractivity contribution >= 4 is 21.8 Å². The summed E-state index contributed by atoms with van der Waals surface area (Å²) >= 11 is 3.34. The third kappa shape index (κ3) is 4.20. The summed E-state index contributed by atoms with van der Waals surface area (Å²) in [5.41, 5.74) is -0.0752. The third-order valence-electron chi connectivity index (χ3n) is 4.49. The van der Waals surface area contributed by atoms with E-state index in [0.29, 0.717) is 19.0 Å². The maximum Gasteiger partial charge on any atom is 0.250 e. The lowest BCUT2D eigenvalue weighted by atomic mass is 10.0. The zero-order valence-electron chi connectivity index (χ0n) is 12.6. The minimum atomic E-state index is -0.0752. The van der Waals surface area contributed by atoms with Gasteiger partial charge in [-0.3, -0.25) is 9.59 Å². The van der Waals surface area contributed by atoms with Gasteiger partial charge < -0.3 is 14.8 Å². The first-order chi connectivity index (χ1) is 10.6. The maximum atomic E-state index is 12.1. The third-order valence-corrected chi connectivity index (χ3v) is 4.95. The van der Waals surface area contributed by atoms with Gasteiger partial charge in [-0.1, -0.05) is 0 Å². The molecular formula is C16H22BrN3O2. The summed E-state index contributed by atoms with van der Waals surface area (Å²) in [4.78, 5) is 26.3. The zero-order valence-corrected chi connectivity index (χ0v) is 14.2. The van der Waals surface area contributed by atoms with Gasteiger partial charge in [0.25, 0.3) is 5.56 Å². The number of piperidine rings is 1. The predicted octanol–water partition coefficient (Wildman–Crippen LogP) is 1.74. The number of aromatic nitrogens is 1. The fourth-order valence-corrected chi connectivity index (χ4v) is 3.43. The van der Waals surface area contributed by atoms with E-state index in [1.165, 1.54) is 18.9 Å². The van der Waals surface area contributed by atoms with Gasteiger partial charge in [-0.2, -0.15) is 0 Å². The number of pyridine rings is 1. The van der Waals surface area contributed by atoms with Gasteiger partial charge in [-0.15, -0.1) is 0 Å². The van der Waals surface area contributed by atoms with Crippen LogP contribution in [-0.4, -0.2) is 40.5 Å². The van der Waals surface area contributed by atoms with Crippen LogP contribution in [0.4, 0.5) is 0 Å². The average Bonchev–Trinajstić information content (AvgIpc) is 3.34. The van der Waals surface area contributed by atoms with Gasteiger partial charge in [0.05, 0.1) is 0 Å². The molecule has 1 aromatic heterocycles. The number of amides is 1. The number of nitrogens with zero attached hydrogens (tertiary/aromatic N) is 2. The van der Waals surface area contributed by atoms with Gasteiger partial charge in [0.1, 0.15) is 0 Å². The van der Waals surface area contributed by atoms with E-state index in [0.717, 1.165) is 36.4 Å². The summed E-state index contributed by atoms with van der Waals surface area (Å²) in [6.07, 6.45) is 6.85. The van der Waals surface area contributed by atoms with Crippen molar-refractivity contribution in [2.45, 2.75) is 50.7 Å². The molecule has 120 valence electrons. The zero-order chi connectivity index (χ0) is 15.5. The highest BCUT2D eigenvalue weighted by molar-refractivity contribution is 9.10. The lowest BCUT2D eigenvalue weighted by molar-refractivity contribution is -0.122. The SMILES string of the molecule is O=C(CCn1cc(Br)ccc1=O)NC1CCN(C2CC2)CC1. The van der Waals surface area contributed by atoms with Crippen molar-refractivity contribution in [3.05, 3.63) is 33.2 Å². The Morgan fingerprint density at radius 1 is 1.23 bits per heavy atom. The molecular weight excluding hydrogens is 346 g/mol. The maximum absolute atomic E-state index is 12.1. The molecule has 2 heterocycles. The fourth-order valence-electron chi connectivity index (χ4n) is 3.05. The lowest BCUT2D eigenvalue weighted by Gasteiger charge is -2.32. The monoisotopic (exact) mass is 367 g/mol. The lowest BCUT2D eigenvalue weighted by Crippen LogP contribution is -2.45. The summed E-state index contributed by atoms with van der Waals surface area (Å²) in [6.45, 7) is 2.62. The molecule has 1 saturated heterocycles. The van der Waals surface area contributed by atoms with E-state index >= 15 is 0 Å². The fraction of sp³-hybridized carbons (Fsp3) is 0.625. The molecule has 0 radical (unpaired) electrons. The molecule has 1 N–H and O–H groups in total. The van der Waals surface area contributed by atoms with E-state index in [4.69, 9.17) is 0 Å². The first-order valence-corrected chi connectivity index (χ1v) is 8.80. The van der Waals surface area contributed by atoms with Gasteiger partial charge in [-0.25, -0.2) is 0 Å². The Morgan fingerprint density at radius 3 is 2.64 bits per heavy atom. The molecule has 2 aliphatic rings. The van der Waals surface area contributed by atoms with Crippen molar-refractivity contribution in [1.82, 2.24) is 14.8 Å². The molecule has 2 fully saturated rings. The Balaban J connectivity index is 1.42. The van der Waals surface area contributed by atoms with Gasteiger partial charge in [0.2, 0.25) is 5.91 Å². The largest absolute Gasteiger partial charge is 0.353 e. The Bertz CT molecular complexity index is 589.